The summed E-state index contributed by atoms with van der Waals surface area (Å²) in [5, 5.41) is 19.7. The van der Waals surface area contributed by atoms with E-state index in [0.717, 1.165) is 25.9 Å². The van der Waals surface area contributed by atoms with E-state index in [2.05, 4.69) is 0 Å². The highest BCUT2D eigenvalue weighted by atomic mass is 19.1. The third-order valence-corrected chi connectivity index (χ3v) is 6.30. The Balaban J connectivity index is 1.52. The molecule has 172 valence electrons. The van der Waals surface area contributed by atoms with E-state index in [0.29, 0.717) is 49.2 Å². The Morgan fingerprint density at radius 3 is 2.28 bits per heavy atom. The Kier molecular flexibility index (Phi) is 6.43. The van der Waals surface area contributed by atoms with Crippen LogP contribution in [-0.4, -0.2) is 93.1 Å². The van der Waals surface area contributed by atoms with Crippen molar-refractivity contribution in [1.29, 1.82) is 0 Å². The summed E-state index contributed by atoms with van der Waals surface area (Å²) in [6, 6.07) is 2.98. The first-order valence-electron chi connectivity index (χ1n) is 10.8. The summed E-state index contributed by atoms with van der Waals surface area (Å²) >= 11 is 0. The maximum Gasteiger partial charge on any atom is 0.325 e. The average Bonchev–Trinajstić information content (AvgIpc) is 3.38. The van der Waals surface area contributed by atoms with Crippen molar-refractivity contribution in [3.05, 3.63) is 35.8 Å². The van der Waals surface area contributed by atoms with Crippen molar-refractivity contribution in [3.63, 3.8) is 0 Å². The molecule has 1 aromatic carbocycles. The van der Waals surface area contributed by atoms with Gasteiger partial charge in [-0.3, -0.25) is 24.2 Å². The first-order chi connectivity index (χ1) is 15.3. The number of piperazine rings is 1. The fourth-order valence-corrected chi connectivity index (χ4v) is 4.71. The number of amides is 1. The minimum atomic E-state index is -1.10. The van der Waals surface area contributed by atoms with Gasteiger partial charge in [0.15, 0.2) is 0 Å². The number of carboxylic acids is 2. The van der Waals surface area contributed by atoms with Gasteiger partial charge in [-0.25, -0.2) is 4.39 Å². The van der Waals surface area contributed by atoms with Gasteiger partial charge in [-0.05, 0) is 31.0 Å². The molecule has 1 amide bonds. The van der Waals surface area contributed by atoms with Crippen molar-refractivity contribution in [2.75, 3.05) is 45.8 Å². The molecule has 0 radical (unpaired) electrons. The normalized spacial score (nSPS) is 18.8. The van der Waals surface area contributed by atoms with Crippen molar-refractivity contribution < 1.29 is 29.0 Å². The molecular weight excluding hydrogens is 419 g/mol. The zero-order chi connectivity index (χ0) is 22.8. The predicted molar refractivity (Wildman–Crippen MR) is 114 cm³/mol. The van der Waals surface area contributed by atoms with Gasteiger partial charge in [-0.2, -0.15) is 0 Å². The number of likely N-dealkylation sites (tertiary alicyclic amines) is 1. The van der Waals surface area contributed by atoms with Crippen molar-refractivity contribution in [1.82, 2.24) is 19.3 Å². The van der Waals surface area contributed by atoms with Crippen LogP contribution in [0.15, 0.2) is 24.4 Å². The van der Waals surface area contributed by atoms with Gasteiger partial charge >= 0.3 is 11.9 Å². The van der Waals surface area contributed by atoms with E-state index >= 15 is 0 Å². The molecule has 4 rings (SSSR count). The standard InChI is InChI=1S/C22H27FN4O5/c23-15-3-4-16-17(12-27(14-20(29)30)18(16)11-15)21(22(31)32)26-9-7-24(8-10-26)13-19(28)25-5-1-2-6-25/h3-4,11-12,21H,1-2,5-10,13-14H2,(H,29,30)(H,31,32). The Bertz CT molecular complexity index is 1020. The number of carboxylic acid groups (broad SMARTS) is 2. The quantitative estimate of drug-likeness (QED) is 0.659. The smallest absolute Gasteiger partial charge is 0.325 e. The minimum Gasteiger partial charge on any atom is -0.480 e. The number of aromatic nitrogens is 1. The van der Waals surface area contributed by atoms with Crippen molar-refractivity contribution in [2.24, 2.45) is 0 Å². The summed E-state index contributed by atoms with van der Waals surface area (Å²) in [4.78, 5) is 41.7. The zero-order valence-electron chi connectivity index (χ0n) is 17.7. The number of hydrogen-bond acceptors (Lipinski definition) is 5. The summed E-state index contributed by atoms with van der Waals surface area (Å²) in [6.07, 6.45) is 3.58. The maximum atomic E-state index is 13.8. The van der Waals surface area contributed by atoms with Crippen LogP contribution < -0.4 is 0 Å². The molecule has 0 aliphatic carbocycles. The van der Waals surface area contributed by atoms with Crippen molar-refractivity contribution >= 4 is 28.7 Å². The number of carbonyl (C=O) groups excluding carboxylic acids is 1. The number of halogens is 1. The topological polar surface area (TPSA) is 106 Å². The zero-order valence-corrected chi connectivity index (χ0v) is 17.7. The molecule has 0 saturated carbocycles. The summed E-state index contributed by atoms with van der Waals surface area (Å²) in [5.41, 5.74) is 0.791. The van der Waals surface area contributed by atoms with Crippen LogP contribution in [0.5, 0.6) is 0 Å². The van der Waals surface area contributed by atoms with E-state index in [1.54, 1.807) is 0 Å². The molecule has 1 atom stereocenters. The summed E-state index contributed by atoms with van der Waals surface area (Å²) in [5.74, 6) is -2.55. The molecule has 2 fully saturated rings. The molecule has 1 aromatic heterocycles. The Morgan fingerprint density at radius 1 is 0.969 bits per heavy atom. The Labute approximate surface area is 184 Å². The first kappa shape index (κ1) is 22.2. The molecule has 2 aliphatic heterocycles. The third kappa shape index (κ3) is 4.61. The largest absolute Gasteiger partial charge is 0.480 e. The van der Waals surface area contributed by atoms with Crippen molar-refractivity contribution in [3.8, 4) is 0 Å². The van der Waals surface area contributed by atoms with Crippen LogP contribution in [0.3, 0.4) is 0 Å². The monoisotopic (exact) mass is 446 g/mol. The van der Waals surface area contributed by atoms with Crippen LogP contribution in [0.25, 0.3) is 10.9 Å². The van der Waals surface area contributed by atoms with Gasteiger partial charge in [0.05, 0.1) is 12.1 Å². The van der Waals surface area contributed by atoms with Gasteiger partial charge in [0, 0.05) is 56.4 Å². The van der Waals surface area contributed by atoms with E-state index < -0.39 is 30.3 Å². The molecule has 10 heteroatoms. The van der Waals surface area contributed by atoms with Crippen molar-refractivity contribution in [2.45, 2.75) is 25.4 Å². The van der Waals surface area contributed by atoms with Crippen LogP contribution in [0.4, 0.5) is 4.39 Å². The Morgan fingerprint density at radius 2 is 1.66 bits per heavy atom. The summed E-state index contributed by atoms with van der Waals surface area (Å²) < 4.78 is 15.2. The third-order valence-electron chi connectivity index (χ3n) is 6.30. The number of benzene rings is 1. The number of hydrogen-bond donors (Lipinski definition) is 2. The highest BCUT2D eigenvalue weighted by Crippen LogP contribution is 2.32. The van der Waals surface area contributed by atoms with E-state index in [9.17, 15) is 29.0 Å². The van der Waals surface area contributed by atoms with Crippen LogP contribution >= 0.6 is 0 Å². The Hall–Kier alpha value is -2.98. The van der Waals surface area contributed by atoms with Crippen LogP contribution in [0, 0.1) is 5.82 Å². The molecule has 2 aliphatic rings. The van der Waals surface area contributed by atoms with E-state index in [1.165, 1.54) is 29.0 Å². The predicted octanol–water partition coefficient (Wildman–Crippen LogP) is 1.23. The lowest BCUT2D eigenvalue weighted by atomic mass is 10.0. The number of aliphatic carboxylic acids is 2. The fraction of sp³-hybridized carbons (Fsp3) is 0.500. The van der Waals surface area contributed by atoms with Crippen LogP contribution in [0.1, 0.15) is 24.4 Å². The lowest BCUT2D eigenvalue weighted by Crippen LogP contribution is -2.51. The van der Waals surface area contributed by atoms with Gasteiger partial charge in [0.2, 0.25) is 5.91 Å². The van der Waals surface area contributed by atoms with Gasteiger partial charge in [0.25, 0.3) is 0 Å². The molecule has 2 saturated heterocycles. The number of nitrogens with zero attached hydrogens (tertiary/aromatic N) is 4. The first-order valence-corrected chi connectivity index (χ1v) is 10.8. The molecule has 0 bridgehead atoms. The molecule has 32 heavy (non-hydrogen) atoms. The highest BCUT2D eigenvalue weighted by Gasteiger charge is 2.33. The number of fused-ring (bicyclic) bond motifs is 1. The van der Waals surface area contributed by atoms with Gasteiger partial charge in [0.1, 0.15) is 18.4 Å². The highest BCUT2D eigenvalue weighted by molar-refractivity contribution is 5.90. The van der Waals surface area contributed by atoms with E-state index in [4.69, 9.17) is 0 Å². The average molecular weight is 446 g/mol. The maximum absolute atomic E-state index is 13.8. The second-order valence-electron chi connectivity index (χ2n) is 8.41. The van der Waals surface area contributed by atoms with Crippen LogP contribution in [0.2, 0.25) is 0 Å². The van der Waals surface area contributed by atoms with Gasteiger partial charge in [-0.1, -0.05) is 0 Å². The molecule has 1 unspecified atom stereocenters. The number of carbonyl (C=O) groups is 3. The lowest BCUT2D eigenvalue weighted by molar-refractivity contribution is -0.145. The van der Waals surface area contributed by atoms with Crippen LogP contribution in [-0.2, 0) is 20.9 Å². The molecule has 2 N–H and O–H groups in total. The second kappa shape index (κ2) is 9.25. The second-order valence-corrected chi connectivity index (χ2v) is 8.41. The number of rotatable bonds is 7. The molecule has 0 spiro atoms. The SMILES string of the molecule is O=C(O)Cn1cc(C(C(=O)O)N2CCN(CC(=O)N3CCCC3)CC2)c2ccc(F)cc21. The summed E-state index contributed by atoms with van der Waals surface area (Å²) in [7, 11) is 0. The molecule has 2 aromatic rings. The lowest BCUT2D eigenvalue weighted by Gasteiger charge is -2.37. The van der Waals surface area contributed by atoms with E-state index in [1.807, 2.05) is 14.7 Å². The summed E-state index contributed by atoms with van der Waals surface area (Å²) in [6.45, 7) is 3.59. The fourth-order valence-electron chi connectivity index (χ4n) is 4.71. The van der Waals surface area contributed by atoms with Gasteiger partial charge in [-0.15, -0.1) is 0 Å². The minimum absolute atomic E-state index is 0.115. The van der Waals surface area contributed by atoms with Gasteiger partial charge < -0.3 is 19.7 Å². The molecule has 3 heterocycles. The molecule has 9 nitrogen and oxygen atoms in total. The molecular formula is C22H27FN4O5. The van der Waals surface area contributed by atoms with E-state index in [-0.39, 0.29) is 5.91 Å².